The largest absolute Gasteiger partial charge is 4.00 e. The smallest absolute Gasteiger partial charge is 0.749 e. The minimum atomic E-state index is -2.96. The van der Waals surface area contributed by atoms with Gasteiger partial charge in [0.05, 0.1) is 45.4 Å². The molecule has 0 atom stereocenters. The summed E-state index contributed by atoms with van der Waals surface area (Å²) in [5.74, 6) is 0. The van der Waals surface area contributed by atoms with Gasteiger partial charge in [0.25, 0.3) is 0 Å². The Bertz CT molecular complexity index is 196. The van der Waals surface area contributed by atoms with Gasteiger partial charge in [-0.2, -0.15) is 0 Å². The number of rotatable bonds is 4. The summed E-state index contributed by atoms with van der Waals surface area (Å²) in [7, 11) is 0. The van der Waals surface area contributed by atoms with Crippen LogP contribution in [0.2, 0.25) is 0 Å². The molecular weight excluding hydrogens is 407 g/mol. The van der Waals surface area contributed by atoms with Crippen LogP contribution in [0.15, 0.2) is 0 Å². The average molecular weight is 407 g/mol. The van der Waals surface area contributed by atoms with Crippen molar-refractivity contribution in [1.29, 1.82) is 0 Å². The van der Waals surface area contributed by atoms with E-state index in [1.807, 2.05) is 0 Å². The fraction of sp³-hybridized carbons (Fsp3) is 0. The molecule has 0 aliphatic rings. The predicted molar refractivity (Wildman–Crippen MR) is 43.6 cm³/mol. The first kappa shape index (κ1) is 21.4. The fourth-order valence-electron chi connectivity index (χ4n) is 0.0907. The Hall–Kier alpha value is 1.16. The van der Waals surface area contributed by atoms with Gasteiger partial charge in [0.2, 0.25) is 0 Å². The second-order valence-corrected chi connectivity index (χ2v) is 3.67. The molecule has 0 radical (unpaired) electrons. The summed E-state index contributed by atoms with van der Waals surface area (Å²) in [6.45, 7) is 0. The van der Waals surface area contributed by atoms with Gasteiger partial charge in [0, 0.05) is 0 Å². The molecule has 0 unspecified atom stereocenters. The second kappa shape index (κ2) is 13.2. The van der Waals surface area contributed by atoms with Crippen LogP contribution in [0.4, 0.5) is 0 Å². The molecule has 10 nitrogen and oxygen atoms in total. The van der Waals surface area contributed by atoms with Crippen LogP contribution in [0.25, 0.3) is 0 Å². The molecule has 88 valence electrons. The van der Waals surface area contributed by atoms with E-state index in [1.54, 1.807) is 0 Å². The van der Waals surface area contributed by atoms with E-state index in [0.717, 1.165) is 0 Å². The van der Waals surface area contributed by atoms with Crippen molar-refractivity contribution in [2.75, 3.05) is 0 Å². The Morgan fingerprint density at radius 2 is 0.733 bits per heavy atom. The molecule has 0 bridgehead atoms. The molecule has 0 aromatic carbocycles. The van der Waals surface area contributed by atoms with Crippen molar-refractivity contribution in [3.05, 3.63) is 0 Å². The molecule has 0 aromatic heterocycles. The van der Waals surface area contributed by atoms with Crippen molar-refractivity contribution in [2.24, 2.45) is 0 Å². The molecule has 0 heterocycles. The molecule has 0 aliphatic heterocycles. The first-order valence-corrected chi connectivity index (χ1v) is 6.00. The van der Waals surface area contributed by atoms with Gasteiger partial charge in [-0.15, -0.1) is 0 Å². The molecule has 0 saturated carbocycles. The van der Waals surface area contributed by atoms with Crippen LogP contribution >= 0.6 is 0 Å². The normalized spacial score (nSPS) is 17.3. The Kier molecular flexibility index (Phi) is 18.9. The van der Waals surface area contributed by atoms with Crippen molar-refractivity contribution >= 4 is 69.4 Å². The second-order valence-electron chi connectivity index (χ2n) is 0.953. The molecule has 0 N–H and O–H groups in total. The summed E-state index contributed by atoms with van der Waals surface area (Å²) >= 11 is -11.8. The van der Waals surface area contributed by atoms with E-state index in [-0.39, 0.29) is 23.9 Å². The van der Waals surface area contributed by atoms with E-state index in [1.165, 1.54) is 0 Å². The van der Waals surface area contributed by atoms with Crippen LogP contribution in [-0.2, 0) is 52.7 Å². The van der Waals surface area contributed by atoms with E-state index in [2.05, 4.69) is 7.26 Å². The van der Waals surface area contributed by atoms with Crippen molar-refractivity contribution in [2.45, 2.75) is 0 Å². The van der Waals surface area contributed by atoms with Gasteiger partial charge in [0.1, 0.15) is 0 Å². The maximum absolute atomic E-state index is 9.19. The van der Waals surface area contributed by atoms with Gasteiger partial charge in [0.15, 0.2) is 0 Å². The Balaban J connectivity index is -0.000000180. The summed E-state index contributed by atoms with van der Waals surface area (Å²) in [4.78, 5) is 0. The molecule has 0 saturated heterocycles. The topological polar surface area (TPSA) is 179 Å². The summed E-state index contributed by atoms with van der Waals surface area (Å²) in [5, 5.41) is 0. The first-order chi connectivity index (χ1) is 6.25. The molecule has 0 spiro atoms. The molecule has 0 fully saturated rings. The Morgan fingerprint density at radius 3 is 0.733 bits per heavy atom. The van der Waals surface area contributed by atoms with Gasteiger partial charge in [-0.25, -0.2) is 24.1 Å². The van der Waals surface area contributed by atoms with Crippen LogP contribution in [0.3, 0.4) is 0 Å². The molecular formula is O10S4Sn. The fourth-order valence-corrected chi connectivity index (χ4v) is 0.816. The molecule has 0 rings (SSSR count). The van der Waals surface area contributed by atoms with Crippen molar-refractivity contribution < 1.29 is 42.3 Å². The molecule has 0 aliphatic carbocycles. The predicted octanol–water partition coefficient (Wildman–Crippen LogP) is -3.20. The van der Waals surface area contributed by atoms with E-state index in [0.29, 0.717) is 0 Å². The van der Waals surface area contributed by atoms with E-state index in [9.17, 15) is 35.0 Å². The minimum absolute atomic E-state index is 0. The van der Waals surface area contributed by atoms with Crippen LogP contribution in [-0.4, -0.2) is 59.0 Å². The zero-order chi connectivity index (χ0) is 11.7. The monoisotopic (exact) mass is 408 g/mol. The third kappa shape index (κ3) is 31.3. The zero-order valence-corrected chi connectivity index (χ0v) is 12.3. The van der Waals surface area contributed by atoms with Crippen LogP contribution in [0.5, 0.6) is 0 Å². The van der Waals surface area contributed by atoms with Gasteiger partial charge >= 0.3 is 23.9 Å². The third-order valence-corrected chi connectivity index (χ3v) is 2.00. The Morgan fingerprint density at radius 1 is 0.600 bits per heavy atom. The van der Waals surface area contributed by atoms with E-state index < -0.39 is 45.4 Å². The van der Waals surface area contributed by atoms with Gasteiger partial charge in [-0.3, -0.25) is 0 Å². The molecule has 0 amide bonds. The van der Waals surface area contributed by atoms with E-state index in [4.69, 9.17) is 0 Å². The molecule has 0 aromatic rings. The maximum Gasteiger partial charge on any atom is 4.00 e. The average Bonchev–Trinajstić information content (AvgIpc) is 1.79. The van der Waals surface area contributed by atoms with Crippen molar-refractivity contribution in [3.8, 4) is 0 Å². The Labute approximate surface area is 111 Å². The molecule has 15 heteroatoms. The van der Waals surface area contributed by atoms with Gasteiger partial charge < -0.3 is 18.2 Å². The summed E-state index contributed by atoms with van der Waals surface area (Å²) in [6.07, 6.45) is 0. The van der Waals surface area contributed by atoms with Crippen LogP contribution in [0.1, 0.15) is 0 Å². The van der Waals surface area contributed by atoms with Crippen molar-refractivity contribution in [3.63, 3.8) is 0 Å². The van der Waals surface area contributed by atoms with E-state index >= 15 is 0 Å². The zero-order valence-electron chi connectivity index (χ0n) is 6.22. The van der Waals surface area contributed by atoms with Gasteiger partial charge in [-0.05, 0) is 0 Å². The number of hydrogen-bond donors (Lipinski definition) is 0. The first-order valence-electron chi connectivity index (χ1n) is 2.00. The standard InChI is InChI=1S/2H2O5S2.Sn/c2*1-6(2)5-7(3)4;/h2*(H,1,2)(H,3,4);/q;;+4/p-4. The quantitative estimate of drug-likeness (QED) is 0.340. The minimum Gasteiger partial charge on any atom is -0.749 e. The SMILES string of the molecule is O=S([O-])OS(=O)[O-].O=S([O-])OS(=O)[O-].[Sn+4]. The van der Waals surface area contributed by atoms with Crippen LogP contribution in [0, 0.1) is 0 Å². The van der Waals surface area contributed by atoms with Gasteiger partial charge in [-0.1, -0.05) is 0 Å². The van der Waals surface area contributed by atoms with Crippen molar-refractivity contribution in [1.82, 2.24) is 0 Å². The third-order valence-electron chi connectivity index (χ3n) is 0.222. The maximum atomic E-state index is 9.19. The summed E-state index contributed by atoms with van der Waals surface area (Å²) < 4.78 is 79.7. The summed E-state index contributed by atoms with van der Waals surface area (Å²) in [5.41, 5.74) is 0. The number of hydrogen-bond acceptors (Lipinski definition) is 10. The molecule has 15 heavy (non-hydrogen) atoms. The summed E-state index contributed by atoms with van der Waals surface area (Å²) in [6, 6.07) is 0. The van der Waals surface area contributed by atoms with Crippen LogP contribution < -0.4 is 0 Å².